The predicted octanol–water partition coefficient (Wildman–Crippen LogP) is 2.91. The fourth-order valence-corrected chi connectivity index (χ4v) is 2.36. The Kier molecular flexibility index (Phi) is 5.02. The third kappa shape index (κ3) is 4.08. The average molecular weight is 326 g/mol. The molecule has 0 aliphatic heterocycles. The molecule has 1 amide bonds. The second kappa shape index (κ2) is 6.80. The molecule has 2 rings (SSSR count). The maximum absolute atomic E-state index is 12.8. The lowest BCUT2D eigenvalue weighted by Crippen LogP contribution is -2.36. The van der Waals surface area contributed by atoms with Crippen LogP contribution in [-0.4, -0.2) is 32.1 Å². The molecule has 0 spiro atoms. The predicted molar refractivity (Wildman–Crippen MR) is 77.3 cm³/mol. The Labute approximate surface area is 131 Å². The Morgan fingerprint density at radius 1 is 1.39 bits per heavy atom. The van der Waals surface area contributed by atoms with Crippen molar-refractivity contribution in [3.05, 3.63) is 48.0 Å². The van der Waals surface area contributed by atoms with Crippen molar-refractivity contribution in [2.24, 2.45) is 0 Å². The van der Waals surface area contributed by atoms with Gasteiger partial charge in [-0.1, -0.05) is 12.1 Å². The maximum Gasteiger partial charge on any atom is 0.416 e. The van der Waals surface area contributed by atoms with Crippen LogP contribution in [0.4, 0.5) is 13.2 Å². The fraction of sp³-hybridized carbons (Fsp3) is 0.400. The van der Waals surface area contributed by atoms with Gasteiger partial charge >= 0.3 is 6.18 Å². The van der Waals surface area contributed by atoms with E-state index in [2.05, 4.69) is 10.1 Å². The maximum atomic E-state index is 12.8. The van der Waals surface area contributed by atoms with Crippen LogP contribution in [0.2, 0.25) is 0 Å². The summed E-state index contributed by atoms with van der Waals surface area (Å²) in [5, 5.41) is 3.86. The van der Waals surface area contributed by atoms with Crippen molar-refractivity contribution in [3.8, 4) is 0 Å². The lowest BCUT2D eigenvalue weighted by atomic mass is 10.0. The van der Waals surface area contributed by atoms with Gasteiger partial charge in [-0.05, 0) is 31.5 Å². The second-order valence-corrected chi connectivity index (χ2v) is 5.07. The van der Waals surface area contributed by atoms with E-state index in [9.17, 15) is 18.0 Å². The molecule has 124 valence electrons. The topological polar surface area (TPSA) is 51.0 Å². The van der Waals surface area contributed by atoms with Crippen LogP contribution in [0.25, 0.3) is 0 Å². The van der Waals surface area contributed by atoms with Crippen LogP contribution in [0.1, 0.15) is 31.0 Å². The Balaban J connectivity index is 2.19. The first-order valence-electron chi connectivity index (χ1n) is 7.12. The first-order valence-corrected chi connectivity index (χ1v) is 7.12. The third-order valence-electron chi connectivity index (χ3n) is 3.59. The van der Waals surface area contributed by atoms with E-state index in [0.717, 1.165) is 12.1 Å². The first-order chi connectivity index (χ1) is 10.8. The molecular formula is C15H17F3N4O. The smallest absolute Gasteiger partial charge is 0.335 e. The monoisotopic (exact) mass is 326 g/mol. The van der Waals surface area contributed by atoms with Gasteiger partial charge in [-0.25, -0.2) is 9.67 Å². The molecule has 2 aromatic rings. The zero-order valence-corrected chi connectivity index (χ0v) is 12.8. The number of aromatic nitrogens is 3. The zero-order valence-electron chi connectivity index (χ0n) is 12.8. The van der Waals surface area contributed by atoms with Gasteiger partial charge in [-0.2, -0.15) is 18.3 Å². The number of amides is 1. The highest BCUT2D eigenvalue weighted by Gasteiger charge is 2.31. The van der Waals surface area contributed by atoms with Gasteiger partial charge in [0.05, 0.1) is 11.6 Å². The summed E-state index contributed by atoms with van der Waals surface area (Å²) in [6, 6.07) is 4.56. The number of hydrogen-bond donors (Lipinski definition) is 0. The van der Waals surface area contributed by atoms with Gasteiger partial charge in [0.1, 0.15) is 19.2 Å². The summed E-state index contributed by atoms with van der Waals surface area (Å²) in [5.41, 5.74) is -0.282. The second-order valence-electron chi connectivity index (χ2n) is 5.07. The SMILES string of the molecule is CCN(C(=O)Cn1cncn1)[C@@H](C)c1cccc(C(F)(F)F)c1. The van der Waals surface area contributed by atoms with E-state index in [1.807, 2.05) is 0 Å². The minimum Gasteiger partial charge on any atom is -0.335 e. The molecule has 5 nitrogen and oxygen atoms in total. The lowest BCUT2D eigenvalue weighted by molar-refractivity contribution is -0.137. The molecule has 0 fully saturated rings. The number of hydrogen-bond acceptors (Lipinski definition) is 3. The van der Waals surface area contributed by atoms with Gasteiger partial charge in [-0.3, -0.25) is 4.79 Å². The minimum absolute atomic E-state index is 0.00284. The number of halogens is 3. The number of carbonyl (C=O) groups is 1. The molecule has 1 aromatic carbocycles. The van der Waals surface area contributed by atoms with Gasteiger partial charge < -0.3 is 4.90 Å². The highest BCUT2D eigenvalue weighted by Crippen LogP contribution is 2.31. The summed E-state index contributed by atoms with van der Waals surface area (Å²) in [6.45, 7) is 3.86. The van der Waals surface area contributed by atoms with E-state index < -0.39 is 17.8 Å². The molecule has 1 aromatic heterocycles. The molecule has 1 atom stereocenters. The van der Waals surface area contributed by atoms with E-state index in [1.165, 1.54) is 28.3 Å². The van der Waals surface area contributed by atoms with E-state index in [4.69, 9.17) is 0 Å². The van der Waals surface area contributed by atoms with Gasteiger partial charge in [0.15, 0.2) is 0 Å². The molecule has 0 bridgehead atoms. The van der Waals surface area contributed by atoms with Crippen LogP contribution in [0, 0.1) is 0 Å². The van der Waals surface area contributed by atoms with Crippen LogP contribution in [0.5, 0.6) is 0 Å². The molecule has 0 saturated heterocycles. The van der Waals surface area contributed by atoms with Crippen molar-refractivity contribution < 1.29 is 18.0 Å². The number of rotatable bonds is 5. The van der Waals surface area contributed by atoms with Crippen molar-refractivity contribution in [2.75, 3.05) is 6.54 Å². The highest BCUT2D eigenvalue weighted by atomic mass is 19.4. The molecule has 23 heavy (non-hydrogen) atoms. The Morgan fingerprint density at radius 2 is 2.13 bits per heavy atom. The molecule has 0 N–H and O–H groups in total. The van der Waals surface area contributed by atoms with Gasteiger partial charge in [0, 0.05) is 6.54 Å². The van der Waals surface area contributed by atoms with Gasteiger partial charge in [0.2, 0.25) is 5.91 Å². The number of benzene rings is 1. The quantitative estimate of drug-likeness (QED) is 0.849. The van der Waals surface area contributed by atoms with Crippen molar-refractivity contribution in [1.29, 1.82) is 0 Å². The van der Waals surface area contributed by atoms with Crippen LogP contribution in [-0.2, 0) is 17.5 Å². The molecule has 0 aliphatic rings. The number of nitrogens with zero attached hydrogens (tertiary/aromatic N) is 4. The molecule has 0 aliphatic carbocycles. The number of alkyl halides is 3. The fourth-order valence-electron chi connectivity index (χ4n) is 2.36. The number of carbonyl (C=O) groups excluding carboxylic acids is 1. The van der Waals surface area contributed by atoms with Gasteiger partial charge in [-0.15, -0.1) is 0 Å². The van der Waals surface area contributed by atoms with E-state index >= 15 is 0 Å². The van der Waals surface area contributed by atoms with E-state index in [0.29, 0.717) is 12.1 Å². The number of likely N-dealkylation sites (N-methyl/N-ethyl adjacent to an activating group) is 1. The minimum atomic E-state index is -4.41. The normalized spacial score (nSPS) is 12.9. The molecule has 0 saturated carbocycles. The molecule has 0 unspecified atom stereocenters. The summed E-state index contributed by atoms with van der Waals surface area (Å²) in [7, 11) is 0. The molecule has 8 heteroatoms. The Hall–Kier alpha value is -2.38. The summed E-state index contributed by atoms with van der Waals surface area (Å²) in [6.07, 6.45) is -1.67. The zero-order chi connectivity index (χ0) is 17.0. The lowest BCUT2D eigenvalue weighted by Gasteiger charge is -2.28. The Morgan fingerprint density at radius 3 is 2.70 bits per heavy atom. The largest absolute Gasteiger partial charge is 0.416 e. The van der Waals surface area contributed by atoms with E-state index in [1.54, 1.807) is 19.9 Å². The van der Waals surface area contributed by atoms with Crippen molar-refractivity contribution >= 4 is 5.91 Å². The van der Waals surface area contributed by atoms with Gasteiger partial charge in [0.25, 0.3) is 0 Å². The highest BCUT2D eigenvalue weighted by molar-refractivity contribution is 5.76. The average Bonchev–Trinajstić information content (AvgIpc) is 3.00. The summed E-state index contributed by atoms with van der Waals surface area (Å²) in [4.78, 5) is 17.6. The summed E-state index contributed by atoms with van der Waals surface area (Å²) < 4.78 is 39.9. The van der Waals surface area contributed by atoms with Crippen molar-refractivity contribution in [1.82, 2.24) is 19.7 Å². The van der Waals surface area contributed by atoms with Crippen LogP contribution in [0.3, 0.4) is 0 Å². The standard InChI is InChI=1S/C15H17F3N4O/c1-3-22(14(23)8-21-10-19-9-20-21)11(2)12-5-4-6-13(7-12)15(16,17)18/h4-7,9-11H,3,8H2,1-2H3/t11-/m0/s1. The van der Waals surface area contributed by atoms with Crippen molar-refractivity contribution in [3.63, 3.8) is 0 Å². The molecule has 0 radical (unpaired) electrons. The van der Waals surface area contributed by atoms with Crippen LogP contribution >= 0.6 is 0 Å². The third-order valence-corrected chi connectivity index (χ3v) is 3.59. The molecule has 1 heterocycles. The summed E-state index contributed by atoms with van der Waals surface area (Å²) >= 11 is 0. The summed E-state index contributed by atoms with van der Waals surface area (Å²) in [5.74, 6) is -0.233. The van der Waals surface area contributed by atoms with Crippen LogP contribution < -0.4 is 0 Å². The first kappa shape index (κ1) is 17.0. The molecular weight excluding hydrogens is 309 g/mol. The Bertz CT molecular complexity index is 655. The van der Waals surface area contributed by atoms with Crippen LogP contribution in [0.15, 0.2) is 36.9 Å². The van der Waals surface area contributed by atoms with E-state index in [-0.39, 0.29) is 12.5 Å². The van der Waals surface area contributed by atoms with Crippen molar-refractivity contribution in [2.45, 2.75) is 32.6 Å².